The van der Waals surface area contributed by atoms with Crippen LogP contribution in [0.4, 0.5) is 4.39 Å². The Morgan fingerprint density at radius 3 is 2.50 bits per heavy atom. The molecule has 1 aliphatic heterocycles. The molecule has 0 radical (unpaired) electrons. The van der Waals surface area contributed by atoms with Gasteiger partial charge in [-0.15, -0.1) is 0 Å². The van der Waals surface area contributed by atoms with Crippen molar-refractivity contribution in [2.24, 2.45) is 0 Å². The SMILES string of the molecule is CNC(=O)c1c2c(cn(-c3ccc(F)cc3)c1=O)CN(C(=O)c1cc(C)nc(C)n1)CC2. The molecule has 1 N–H and O–H groups in total. The lowest BCUT2D eigenvalue weighted by molar-refractivity contribution is 0.0727. The molecule has 0 bridgehead atoms. The van der Waals surface area contributed by atoms with Gasteiger partial charge in [-0.2, -0.15) is 0 Å². The molecule has 1 aromatic carbocycles. The molecule has 0 atom stereocenters. The van der Waals surface area contributed by atoms with E-state index < -0.39 is 17.3 Å². The van der Waals surface area contributed by atoms with Crippen LogP contribution in [0.15, 0.2) is 41.3 Å². The first kappa shape index (κ1) is 21.4. The summed E-state index contributed by atoms with van der Waals surface area (Å²) in [6.07, 6.45) is 1.97. The van der Waals surface area contributed by atoms with Gasteiger partial charge in [0.25, 0.3) is 17.4 Å². The number of hydrogen-bond acceptors (Lipinski definition) is 5. The molecule has 3 aromatic rings. The zero-order valence-electron chi connectivity index (χ0n) is 18.0. The number of nitrogens with one attached hydrogen (secondary N) is 1. The molecule has 9 heteroatoms. The van der Waals surface area contributed by atoms with Crippen molar-refractivity contribution in [3.8, 4) is 5.69 Å². The Labute approximate surface area is 183 Å². The minimum atomic E-state index is -0.496. The Bertz CT molecular complexity index is 1260. The van der Waals surface area contributed by atoms with Crippen LogP contribution in [0.25, 0.3) is 5.69 Å². The van der Waals surface area contributed by atoms with E-state index in [-0.39, 0.29) is 18.0 Å². The van der Waals surface area contributed by atoms with Crippen LogP contribution in [-0.4, -0.2) is 44.8 Å². The van der Waals surface area contributed by atoms with Crippen molar-refractivity contribution in [1.82, 2.24) is 24.8 Å². The molecular formula is C23H22FN5O3. The topological polar surface area (TPSA) is 97.2 Å². The minimum absolute atomic E-state index is 0.0372. The van der Waals surface area contributed by atoms with Gasteiger partial charge in [0.15, 0.2) is 0 Å². The van der Waals surface area contributed by atoms with Gasteiger partial charge in [0.1, 0.15) is 22.9 Å². The smallest absolute Gasteiger partial charge is 0.272 e. The van der Waals surface area contributed by atoms with Gasteiger partial charge in [-0.3, -0.25) is 19.0 Å². The summed E-state index contributed by atoms with van der Waals surface area (Å²) < 4.78 is 14.7. The van der Waals surface area contributed by atoms with Gasteiger partial charge in [0, 0.05) is 37.7 Å². The van der Waals surface area contributed by atoms with Crippen molar-refractivity contribution in [1.29, 1.82) is 0 Å². The highest BCUT2D eigenvalue weighted by atomic mass is 19.1. The average molecular weight is 435 g/mol. The second-order valence-corrected chi connectivity index (χ2v) is 7.66. The van der Waals surface area contributed by atoms with Gasteiger partial charge in [0.2, 0.25) is 0 Å². The first-order valence-electron chi connectivity index (χ1n) is 10.2. The van der Waals surface area contributed by atoms with Crippen LogP contribution in [0, 0.1) is 19.7 Å². The second-order valence-electron chi connectivity index (χ2n) is 7.66. The fraction of sp³-hybridized carbons (Fsp3) is 0.261. The average Bonchev–Trinajstić information content (AvgIpc) is 2.77. The number of pyridine rings is 1. The summed E-state index contributed by atoms with van der Waals surface area (Å²) in [4.78, 5) is 48.9. The van der Waals surface area contributed by atoms with E-state index in [0.717, 1.165) is 0 Å². The molecule has 4 rings (SSSR count). The minimum Gasteiger partial charge on any atom is -0.355 e. The van der Waals surface area contributed by atoms with Crippen LogP contribution < -0.4 is 10.9 Å². The Morgan fingerprint density at radius 2 is 1.84 bits per heavy atom. The van der Waals surface area contributed by atoms with E-state index in [1.807, 2.05) is 0 Å². The highest BCUT2D eigenvalue weighted by Gasteiger charge is 2.29. The number of hydrogen-bond donors (Lipinski definition) is 1. The van der Waals surface area contributed by atoms with Crippen LogP contribution in [0.3, 0.4) is 0 Å². The Balaban J connectivity index is 1.79. The molecule has 0 unspecified atom stereocenters. The van der Waals surface area contributed by atoms with Crippen LogP contribution in [0.5, 0.6) is 0 Å². The molecule has 0 saturated carbocycles. The fourth-order valence-corrected chi connectivity index (χ4v) is 3.97. The highest BCUT2D eigenvalue weighted by molar-refractivity contribution is 5.96. The fourth-order valence-electron chi connectivity index (χ4n) is 3.97. The lowest BCUT2D eigenvalue weighted by atomic mass is 9.95. The van der Waals surface area contributed by atoms with Crippen LogP contribution in [-0.2, 0) is 13.0 Å². The summed E-state index contributed by atoms with van der Waals surface area (Å²) in [7, 11) is 1.46. The molecule has 3 heterocycles. The van der Waals surface area contributed by atoms with E-state index in [1.54, 1.807) is 31.0 Å². The molecular weight excluding hydrogens is 413 g/mol. The van der Waals surface area contributed by atoms with Crippen LogP contribution >= 0.6 is 0 Å². The standard InChI is InChI=1S/C23H22FN5O3/c1-13-10-19(27-14(2)26-13)22(31)28-9-8-18-15(11-28)12-29(17-6-4-16(24)5-7-17)23(32)20(18)21(30)25-3/h4-7,10,12H,8-9,11H2,1-3H3,(H,25,30). The number of aryl methyl sites for hydroxylation is 2. The maximum Gasteiger partial charge on any atom is 0.272 e. The number of benzene rings is 1. The van der Waals surface area contributed by atoms with Crippen molar-refractivity contribution >= 4 is 11.8 Å². The molecule has 0 fully saturated rings. The zero-order chi connectivity index (χ0) is 23.0. The second kappa shape index (κ2) is 8.33. The molecule has 32 heavy (non-hydrogen) atoms. The number of carbonyl (C=O) groups excluding carboxylic acids is 2. The predicted octanol–water partition coefficient (Wildman–Crippen LogP) is 1.94. The number of halogens is 1. The number of rotatable bonds is 3. The van der Waals surface area contributed by atoms with E-state index in [9.17, 15) is 18.8 Å². The van der Waals surface area contributed by atoms with Crippen LogP contribution in [0.2, 0.25) is 0 Å². The number of amides is 2. The third kappa shape index (κ3) is 3.89. The molecule has 164 valence electrons. The summed E-state index contributed by atoms with van der Waals surface area (Å²) in [5.41, 5.74) is 2.27. The van der Waals surface area contributed by atoms with E-state index in [2.05, 4.69) is 15.3 Å². The number of nitrogens with zero attached hydrogens (tertiary/aromatic N) is 4. The monoisotopic (exact) mass is 435 g/mol. The van der Waals surface area contributed by atoms with Gasteiger partial charge in [-0.05, 0) is 61.7 Å². The Morgan fingerprint density at radius 1 is 1.12 bits per heavy atom. The summed E-state index contributed by atoms with van der Waals surface area (Å²) in [6.45, 7) is 4.08. The number of carbonyl (C=O) groups is 2. The van der Waals surface area contributed by atoms with Crippen molar-refractivity contribution in [2.75, 3.05) is 13.6 Å². The maximum absolute atomic E-state index is 13.4. The van der Waals surface area contributed by atoms with Crippen molar-refractivity contribution in [3.63, 3.8) is 0 Å². The van der Waals surface area contributed by atoms with Crippen molar-refractivity contribution in [2.45, 2.75) is 26.8 Å². The van der Waals surface area contributed by atoms with Gasteiger partial charge in [-0.1, -0.05) is 0 Å². The van der Waals surface area contributed by atoms with Crippen LogP contribution in [0.1, 0.15) is 43.5 Å². The predicted molar refractivity (Wildman–Crippen MR) is 115 cm³/mol. The van der Waals surface area contributed by atoms with E-state index in [4.69, 9.17) is 0 Å². The molecule has 0 aliphatic carbocycles. The molecule has 0 spiro atoms. The van der Waals surface area contributed by atoms with E-state index in [0.29, 0.717) is 47.0 Å². The van der Waals surface area contributed by atoms with E-state index in [1.165, 1.54) is 35.9 Å². The summed E-state index contributed by atoms with van der Waals surface area (Å²) in [5, 5.41) is 2.52. The quantitative estimate of drug-likeness (QED) is 0.678. The molecule has 2 amide bonds. The van der Waals surface area contributed by atoms with Crippen molar-refractivity contribution in [3.05, 3.63) is 86.6 Å². The van der Waals surface area contributed by atoms with Gasteiger partial charge >= 0.3 is 0 Å². The van der Waals surface area contributed by atoms with Gasteiger partial charge in [0.05, 0.1) is 0 Å². The lowest BCUT2D eigenvalue weighted by Crippen LogP contribution is -2.41. The number of fused-ring (bicyclic) bond motifs is 1. The number of aromatic nitrogens is 3. The normalized spacial score (nSPS) is 12.9. The summed E-state index contributed by atoms with van der Waals surface area (Å²) >= 11 is 0. The first-order valence-corrected chi connectivity index (χ1v) is 10.2. The maximum atomic E-state index is 13.4. The molecule has 8 nitrogen and oxygen atoms in total. The first-order chi connectivity index (χ1) is 15.3. The largest absolute Gasteiger partial charge is 0.355 e. The van der Waals surface area contributed by atoms with Gasteiger partial charge < -0.3 is 10.2 Å². The third-order valence-electron chi connectivity index (χ3n) is 5.43. The summed E-state index contributed by atoms with van der Waals surface area (Å²) in [6, 6.07) is 7.07. The Hall–Kier alpha value is -3.88. The highest BCUT2D eigenvalue weighted by Crippen LogP contribution is 2.23. The van der Waals surface area contributed by atoms with Crippen molar-refractivity contribution < 1.29 is 14.0 Å². The Kier molecular flexibility index (Phi) is 5.56. The molecule has 1 aliphatic rings. The molecule has 2 aromatic heterocycles. The summed E-state index contributed by atoms with van der Waals surface area (Å²) in [5.74, 6) is -0.661. The lowest BCUT2D eigenvalue weighted by Gasteiger charge is -2.30. The zero-order valence-corrected chi connectivity index (χ0v) is 18.0. The third-order valence-corrected chi connectivity index (χ3v) is 5.43. The molecule has 0 saturated heterocycles. The van der Waals surface area contributed by atoms with E-state index >= 15 is 0 Å². The van der Waals surface area contributed by atoms with Gasteiger partial charge in [-0.25, -0.2) is 14.4 Å².